The van der Waals surface area contributed by atoms with E-state index in [1.807, 2.05) is 39.0 Å². The van der Waals surface area contributed by atoms with Crippen molar-refractivity contribution in [2.45, 2.75) is 142 Å². The number of benzene rings is 1. The normalized spacial score (nSPS) is 30.5. The smallest absolute Gasteiger partial charge is 0.444 e. The Kier molecular flexibility index (Phi) is 10.2. The van der Waals surface area contributed by atoms with Crippen molar-refractivity contribution < 1.29 is 38.0 Å². The van der Waals surface area contributed by atoms with E-state index in [4.69, 9.17) is 18.8 Å². The maximum absolute atomic E-state index is 14.3. The van der Waals surface area contributed by atoms with Gasteiger partial charge in [0.15, 0.2) is 0 Å². The van der Waals surface area contributed by atoms with Gasteiger partial charge in [0.1, 0.15) is 23.8 Å². The van der Waals surface area contributed by atoms with Crippen LogP contribution < -0.4 is 10.6 Å². The summed E-state index contributed by atoms with van der Waals surface area (Å²) in [6.45, 7) is 18.6. The van der Waals surface area contributed by atoms with Crippen molar-refractivity contribution in [3.05, 3.63) is 35.4 Å². The molecule has 1 aromatic rings. The predicted molar refractivity (Wildman–Crippen MR) is 191 cm³/mol. The quantitative estimate of drug-likeness (QED) is 0.366. The Bertz CT molecular complexity index is 1510. The zero-order valence-corrected chi connectivity index (χ0v) is 31.8. The van der Waals surface area contributed by atoms with Crippen LogP contribution in [0.25, 0.3) is 0 Å². The van der Waals surface area contributed by atoms with Crippen LogP contribution in [0.2, 0.25) is 0 Å². The van der Waals surface area contributed by atoms with E-state index in [0.717, 1.165) is 24.8 Å². The van der Waals surface area contributed by atoms with Crippen molar-refractivity contribution >= 4 is 31.1 Å². The summed E-state index contributed by atoms with van der Waals surface area (Å²) in [6.07, 6.45) is 1.49. The van der Waals surface area contributed by atoms with Gasteiger partial charge in [-0.25, -0.2) is 9.59 Å². The standard InChI is InChI=1S/C38H57BN4O8/c1-10-30(39-50-29-18-25-17-28(37(25,7)8)38(29,9)51-39)40-32(44)27-19-26(48-35(47)42-16-15-23-13-11-12-14-24(23)20-42)21-43(27)33(45)31(22(2)3)41-34(46)49-36(4,5)6/h11-14,22,25-31H,10,15-21H2,1-9H3,(H,40,44)(H,41,46)/t25-,26-,27+,28-,29-,30+,31+,38+/m1/s1. The van der Waals surface area contributed by atoms with Gasteiger partial charge in [0.2, 0.25) is 11.8 Å². The Balaban J connectivity index is 1.18. The third kappa shape index (κ3) is 7.34. The second-order valence-corrected chi connectivity index (χ2v) is 17.4. The Labute approximate surface area is 303 Å². The Morgan fingerprint density at radius 1 is 1.04 bits per heavy atom. The molecular formula is C38H57BN4O8. The highest BCUT2D eigenvalue weighted by atomic mass is 16.7. The molecule has 51 heavy (non-hydrogen) atoms. The average Bonchev–Trinajstić information content (AvgIpc) is 3.65. The number of amides is 4. The molecule has 0 spiro atoms. The lowest BCUT2D eigenvalue weighted by atomic mass is 9.43. The van der Waals surface area contributed by atoms with Crippen LogP contribution in [0.5, 0.6) is 0 Å². The number of fused-ring (bicyclic) bond motifs is 1. The van der Waals surface area contributed by atoms with Crippen LogP contribution in [0.3, 0.4) is 0 Å². The lowest BCUT2D eigenvalue weighted by Gasteiger charge is -2.64. The molecule has 3 saturated carbocycles. The molecule has 3 aliphatic carbocycles. The van der Waals surface area contributed by atoms with Crippen molar-refractivity contribution in [2.24, 2.45) is 23.2 Å². The molecule has 3 aliphatic heterocycles. The first-order valence-electron chi connectivity index (χ1n) is 18.9. The van der Waals surface area contributed by atoms with E-state index < -0.39 is 60.5 Å². The monoisotopic (exact) mass is 708 g/mol. The van der Waals surface area contributed by atoms with E-state index in [-0.39, 0.29) is 36.3 Å². The molecule has 0 unspecified atom stereocenters. The third-order valence-electron chi connectivity index (χ3n) is 12.2. The van der Waals surface area contributed by atoms with Gasteiger partial charge in [-0.2, -0.15) is 0 Å². The maximum atomic E-state index is 14.3. The van der Waals surface area contributed by atoms with Gasteiger partial charge >= 0.3 is 19.3 Å². The largest absolute Gasteiger partial charge is 0.481 e. The highest BCUT2D eigenvalue weighted by Crippen LogP contribution is 2.65. The molecule has 5 fully saturated rings. The number of nitrogens with zero attached hydrogens (tertiary/aromatic N) is 2. The van der Waals surface area contributed by atoms with Gasteiger partial charge in [-0.15, -0.1) is 0 Å². The number of alkyl carbamates (subject to hydrolysis) is 1. The summed E-state index contributed by atoms with van der Waals surface area (Å²) in [5.74, 6) is -0.608. The fourth-order valence-electron chi connectivity index (χ4n) is 9.08. The summed E-state index contributed by atoms with van der Waals surface area (Å²) in [6, 6.07) is 6.12. The highest BCUT2D eigenvalue weighted by molar-refractivity contribution is 6.47. The molecule has 0 radical (unpaired) electrons. The first kappa shape index (κ1) is 37.4. The van der Waals surface area contributed by atoms with Gasteiger partial charge in [-0.3, -0.25) is 9.59 Å². The number of ether oxygens (including phenoxy) is 2. The van der Waals surface area contributed by atoms with E-state index in [2.05, 4.69) is 37.5 Å². The minimum Gasteiger partial charge on any atom is -0.444 e. The Hall–Kier alpha value is -3.32. The first-order valence-corrected chi connectivity index (χ1v) is 18.9. The molecule has 1 aromatic carbocycles. The summed E-state index contributed by atoms with van der Waals surface area (Å²) >= 11 is 0. The van der Waals surface area contributed by atoms with Crippen LogP contribution in [0.4, 0.5) is 9.59 Å². The molecule has 280 valence electrons. The molecule has 3 heterocycles. The number of carbonyl (C=O) groups is 4. The van der Waals surface area contributed by atoms with Gasteiger partial charge < -0.3 is 39.2 Å². The molecule has 8 atom stereocenters. The Morgan fingerprint density at radius 2 is 1.75 bits per heavy atom. The van der Waals surface area contributed by atoms with Crippen molar-refractivity contribution in [3.63, 3.8) is 0 Å². The van der Waals surface area contributed by atoms with Gasteiger partial charge in [0, 0.05) is 19.5 Å². The van der Waals surface area contributed by atoms with Gasteiger partial charge in [0.25, 0.3) is 0 Å². The van der Waals surface area contributed by atoms with Gasteiger partial charge in [0.05, 0.1) is 24.2 Å². The van der Waals surface area contributed by atoms with E-state index in [1.165, 1.54) is 10.5 Å². The van der Waals surface area contributed by atoms with Crippen molar-refractivity contribution in [1.82, 2.24) is 20.4 Å². The van der Waals surface area contributed by atoms with Crippen LogP contribution in [0, 0.1) is 23.2 Å². The highest BCUT2D eigenvalue weighted by Gasteiger charge is 2.68. The molecule has 12 nitrogen and oxygen atoms in total. The van der Waals surface area contributed by atoms with Gasteiger partial charge in [-0.05, 0) is 87.7 Å². The molecule has 13 heteroatoms. The van der Waals surface area contributed by atoms with Crippen molar-refractivity contribution in [1.29, 1.82) is 0 Å². The minimum absolute atomic E-state index is 0.0117. The van der Waals surface area contributed by atoms with Gasteiger partial charge in [-0.1, -0.05) is 58.9 Å². The lowest BCUT2D eigenvalue weighted by molar-refractivity contribution is -0.199. The molecule has 2 N–H and O–H groups in total. The first-order chi connectivity index (χ1) is 23.9. The number of hydrogen-bond acceptors (Lipinski definition) is 8. The lowest BCUT2D eigenvalue weighted by Crippen LogP contribution is -2.65. The van der Waals surface area contributed by atoms with Crippen LogP contribution in [0.15, 0.2) is 24.3 Å². The average molecular weight is 709 g/mol. The molecule has 4 amide bonds. The summed E-state index contributed by atoms with van der Waals surface area (Å²) in [7, 11) is -0.623. The van der Waals surface area contributed by atoms with E-state index >= 15 is 0 Å². The third-order valence-corrected chi connectivity index (χ3v) is 12.2. The summed E-state index contributed by atoms with van der Waals surface area (Å²) in [4.78, 5) is 57.9. The second kappa shape index (κ2) is 13.9. The van der Waals surface area contributed by atoms with Crippen molar-refractivity contribution in [3.8, 4) is 0 Å². The summed E-state index contributed by atoms with van der Waals surface area (Å²) in [5.41, 5.74) is 1.28. The van der Waals surface area contributed by atoms with Crippen LogP contribution in [-0.2, 0) is 41.3 Å². The van der Waals surface area contributed by atoms with E-state index in [9.17, 15) is 19.2 Å². The minimum atomic E-state index is -0.968. The van der Waals surface area contributed by atoms with E-state index in [0.29, 0.717) is 31.3 Å². The summed E-state index contributed by atoms with van der Waals surface area (Å²) < 4.78 is 24.7. The van der Waals surface area contributed by atoms with Crippen LogP contribution in [-0.4, -0.2) is 95.4 Å². The fraction of sp³-hybridized carbons (Fsp3) is 0.737. The SMILES string of the molecule is CC[C@H](NC(=O)[C@@H]1C[C@@H](OC(=O)N2CCc3ccccc3C2)CN1C(=O)[C@@H](NC(=O)OC(C)(C)C)C(C)C)B1O[C@@H]2C[C@H]3C[C@H](C3(C)C)[C@]2(C)O1. The Morgan fingerprint density at radius 3 is 2.39 bits per heavy atom. The zero-order valence-electron chi connectivity index (χ0n) is 31.8. The molecular weight excluding hydrogens is 651 g/mol. The zero-order chi connectivity index (χ0) is 37.0. The van der Waals surface area contributed by atoms with Crippen molar-refractivity contribution in [2.75, 3.05) is 13.1 Å². The summed E-state index contributed by atoms with van der Waals surface area (Å²) in [5, 5.41) is 5.88. The van der Waals surface area contributed by atoms with Crippen LogP contribution in [0.1, 0.15) is 99.1 Å². The topological polar surface area (TPSA) is 136 Å². The molecule has 2 saturated heterocycles. The number of carbonyl (C=O) groups excluding carboxylic acids is 4. The van der Waals surface area contributed by atoms with E-state index in [1.54, 1.807) is 25.7 Å². The number of hydrogen-bond donors (Lipinski definition) is 2. The fourth-order valence-corrected chi connectivity index (χ4v) is 9.08. The molecule has 0 aromatic heterocycles. The predicted octanol–water partition coefficient (Wildman–Crippen LogP) is 4.86. The molecule has 6 aliphatic rings. The number of rotatable bonds is 8. The number of nitrogens with one attached hydrogen (secondary N) is 2. The maximum Gasteiger partial charge on any atom is 0.481 e. The molecule has 7 rings (SSSR count). The molecule has 2 bridgehead atoms. The van der Waals surface area contributed by atoms with Crippen LogP contribution >= 0.6 is 0 Å². The number of likely N-dealkylation sites (tertiary alicyclic amines) is 1. The second-order valence-electron chi connectivity index (χ2n) is 17.4.